The lowest BCUT2D eigenvalue weighted by Crippen LogP contribution is -2.19. The first kappa shape index (κ1) is 12.2. The van der Waals surface area contributed by atoms with Gasteiger partial charge in [0.05, 0.1) is 18.7 Å². The van der Waals surface area contributed by atoms with Crippen molar-refractivity contribution in [3.63, 3.8) is 0 Å². The molecule has 19 heavy (non-hydrogen) atoms. The van der Waals surface area contributed by atoms with Crippen molar-refractivity contribution in [2.24, 2.45) is 0 Å². The van der Waals surface area contributed by atoms with E-state index in [9.17, 15) is 13.2 Å². The number of ether oxygens (including phenoxy) is 1. The maximum Gasteiger partial charge on any atom is 0.416 e. The van der Waals surface area contributed by atoms with Crippen LogP contribution in [-0.4, -0.2) is 21.4 Å². The fourth-order valence-electron chi connectivity index (χ4n) is 1.99. The summed E-state index contributed by atoms with van der Waals surface area (Å²) in [5.74, 6) is 0. The Morgan fingerprint density at radius 2 is 2.16 bits per heavy atom. The fourth-order valence-corrected chi connectivity index (χ4v) is 1.99. The quantitative estimate of drug-likeness (QED) is 0.802. The van der Waals surface area contributed by atoms with Crippen LogP contribution in [0.25, 0.3) is 0 Å². The molecule has 2 aromatic rings. The van der Waals surface area contributed by atoms with Crippen molar-refractivity contribution >= 4 is 0 Å². The van der Waals surface area contributed by atoms with Gasteiger partial charge >= 0.3 is 6.18 Å². The van der Waals surface area contributed by atoms with E-state index in [2.05, 4.69) is 10.1 Å². The van der Waals surface area contributed by atoms with Crippen LogP contribution in [0.15, 0.2) is 36.9 Å². The molecular weight excluding hydrogens is 259 g/mol. The van der Waals surface area contributed by atoms with E-state index < -0.39 is 17.3 Å². The van der Waals surface area contributed by atoms with Crippen LogP contribution in [0.4, 0.5) is 13.2 Å². The van der Waals surface area contributed by atoms with Crippen molar-refractivity contribution in [2.75, 3.05) is 6.61 Å². The molecule has 1 fully saturated rings. The zero-order valence-electron chi connectivity index (χ0n) is 9.76. The molecule has 0 spiro atoms. The van der Waals surface area contributed by atoms with Crippen molar-refractivity contribution < 1.29 is 17.9 Å². The number of hydrogen-bond acceptors (Lipinski definition) is 3. The molecule has 1 atom stereocenters. The second-order valence-corrected chi connectivity index (χ2v) is 4.45. The largest absolute Gasteiger partial charge is 0.416 e. The molecule has 100 valence electrons. The molecule has 0 N–H and O–H groups in total. The summed E-state index contributed by atoms with van der Waals surface area (Å²) in [5.41, 5.74) is -0.870. The number of hydrogen-bond donors (Lipinski definition) is 0. The van der Waals surface area contributed by atoms with Gasteiger partial charge in [-0.1, -0.05) is 12.1 Å². The van der Waals surface area contributed by atoms with Gasteiger partial charge in [-0.05, 0) is 17.7 Å². The maximum absolute atomic E-state index is 12.7. The summed E-state index contributed by atoms with van der Waals surface area (Å²) >= 11 is 0. The monoisotopic (exact) mass is 269 g/mol. The predicted octanol–water partition coefficient (Wildman–Crippen LogP) is 2.22. The van der Waals surface area contributed by atoms with Crippen molar-refractivity contribution in [1.82, 2.24) is 14.8 Å². The van der Waals surface area contributed by atoms with E-state index in [1.54, 1.807) is 10.7 Å². The fraction of sp³-hybridized carbons (Fsp3) is 0.333. The highest BCUT2D eigenvalue weighted by molar-refractivity contribution is 5.32. The van der Waals surface area contributed by atoms with E-state index in [4.69, 9.17) is 4.74 Å². The van der Waals surface area contributed by atoms with Gasteiger partial charge in [-0.3, -0.25) is 0 Å². The molecule has 4 nitrogen and oxygen atoms in total. The van der Waals surface area contributed by atoms with Gasteiger partial charge in [0.15, 0.2) is 0 Å². The van der Waals surface area contributed by atoms with Gasteiger partial charge in [0.1, 0.15) is 18.3 Å². The summed E-state index contributed by atoms with van der Waals surface area (Å²) in [4.78, 5) is 3.80. The Morgan fingerprint density at radius 1 is 1.37 bits per heavy atom. The lowest BCUT2D eigenvalue weighted by Gasteiger charge is -2.14. The van der Waals surface area contributed by atoms with E-state index in [0.29, 0.717) is 18.7 Å². The van der Waals surface area contributed by atoms with E-state index in [1.807, 2.05) is 0 Å². The van der Waals surface area contributed by atoms with E-state index >= 15 is 0 Å². The molecule has 3 rings (SSSR count). The summed E-state index contributed by atoms with van der Waals surface area (Å²) in [6.07, 6.45) is -1.46. The van der Waals surface area contributed by atoms with Crippen molar-refractivity contribution in [2.45, 2.75) is 18.3 Å². The molecule has 0 aliphatic carbocycles. The third kappa shape index (κ3) is 2.33. The van der Waals surface area contributed by atoms with Crippen LogP contribution in [0.1, 0.15) is 11.1 Å². The molecule has 2 heterocycles. The molecule has 1 aliphatic heterocycles. The number of halogens is 3. The number of nitrogens with zero attached hydrogens (tertiary/aromatic N) is 3. The second-order valence-electron chi connectivity index (χ2n) is 4.45. The summed E-state index contributed by atoms with van der Waals surface area (Å²) in [7, 11) is 0. The lowest BCUT2D eigenvalue weighted by molar-refractivity contribution is -0.137. The molecule has 0 bridgehead atoms. The molecule has 1 aromatic heterocycles. The predicted molar refractivity (Wildman–Crippen MR) is 59.1 cm³/mol. The maximum atomic E-state index is 12.7. The highest BCUT2D eigenvalue weighted by Crippen LogP contribution is 2.42. The van der Waals surface area contributed by atoms with Gasteiger partial charge < -0.3 is 4.74 Å². The topological polar surface area (TPSA) is 43.2 Å². The smallest absolute Gasteiger partial charge is 0.362 e. The van der Waals surface area contributed by atoms with E-state index in [1.165, 1.54) is 18.7 Å². The first-order valence-corrected chi connectivity index (χ1v) is 5.64. The van der Waals surface area contributed by atoms with E-state index in [0.717, 1.165) is 12.1 Å². The van der Waals surface area contributed by atoms with E-state index in [-0.39, 0.29) is 0 Å². The average Bonchev–Trinajstić information content (AvgIpc) is 2.96. The Bertz CT molecular complexity index is 576. The minimum atomic E-state index is -4.35. The normalized spacial score (nSPS) is 22.5. The van der Waals surface area contributed by atoms with Crippen molar-refractivity contribution in [3.05, 3.63) is 48.0 Å². The van der Waals surface area contributed by atoms with Crippen LogP contribution in [0.5, 0.6) is 0 Å². The van der Waals surface area contributed by atoms with Crippen LogP contribution in [-0.2, 0) is 23.1 Å². The SMILES string of the molecule is FC(F)(F)c1cccc(C2(Cn3cncn3)CO2)c1. The number of aromatic nitrogens is 3. The zero-order valence-corrected chi connectivity index (χ0v) is 9.76. The Balaban J connectivity index is 1.90. The van der Waals surface area contributed by atoms with Crippen LogP contribution in [0, 0.1) is 0 Å². The molecule has 0 amide bonds. The third-order valence-electron chi connectivity index (χ3n) is 3.09. The van der Waals surface area contributed by atoms with Gasteiger partial charge in [-0.15, -0.1) is 0 Å². The standard InChI is InChI=1S/C12H10F3N3O/c13-12(14,15)10-3-1-2-9(4-10)11(6-19-11)5-18-8-16-7-17-18/h1-4,7-8H,5-6H2. The third-order valence-corrected chi connectivity index (χ3v) is 3.09. The van der Waals surface area contributed by atoms with Gasteiger partial charge in [0, 0.05) is 0 Å². The summed E-state index contributed by atoms with van der Waals surface area (Å²) in [6, 6.07) is 5.21. The summed E-state index contributed by atoms with van der Waals surface area (Å²) < 4.78 is 45.0. The lowest BCUT2D eigenvalue weighted by atomic mass is 9.98. The highest BCUT2D eigenvalue weighted by atomic mass is 19.4. The Hall–Kier alpha value is -1.89. The van der Waals surface area contributed by atoms with Gasteiger partial charge in [-0.25, -0.2) is 9.67 Å². The molecule has 7 heteroatoms. The first-order valence-electron chi connectivity index (χ1n) is 5.64. The molecule has 1 unspecified atom stereocenters. The average molecular weight is 269 g/mol. The second kappa shape index (κ2) is 4.06. The Kier molecular flexibility index (Phi) is 2.60. The van der Waals surface area contributed by atoms with Crippen molar-refractivity contribution in [1.29, 1.82) is 0 Å². The number of epoxide rings is 1. The van der Waals surface area contributed by atoms with Gasteiger partial charge in [-0.2, -0.15) is 18.3 Å². The molecule has 1 aromatic carbocycles. The summed E-state index contributed by atoms with van der Waals surface area (Å²) in [6.45, 7) is 0.739. The van der Waals surface area contributed by atoms with Gasteiger partial charge in [0.25, 0.3) is 0 Å². The molecule has 1 aliphatic rings. The zero-order chi connectivity index (χ0) is 13.5. The van der Waals surface area contributed by atoms with Crippen LogP contribution in [0.2, 0.25) is 0 Å². The molecular formula is C12H10F3N3O. The van der Waals surface area contributed by atoms with Crippen molar-refractivity contribution in [3.8, 4) is 0 Å². The highest BCUT2D eigenvalue weighted by Gasteiger charge is 2.48. The molecule has 0 saturated carbocycles. The Morgan fingerprint density at radius 3 is 2.74 bits per heavy atom. The number of benzene rings is 1. The van der Waals surface area contributed by atoms with Gasteiger partial charge in [0.2, 0.25) is 0 Å². The number of rotatable bonds is 3. The molecule has 0 radical (unpaired) electrons. The van der Waals surface area contributed by atoms with Crippen LogP contribution in [0.3, 0.4) is 0 Å². The minimum Gasteiger partial charge on any atom is -0.362 e. The van der Waals surface area contributed by atoms with Crippen LogP contribution < -0.4 is 0 Å². The summed E-state index contributed by atoms with van der Waals surface area (Å²) in [5, 5.41) is 3.94. The minimum absolute atomic E-state index is 0.355. The number of alkyl halides is 3. The first-order chi connectivity index (χ1) is 9.00. The Labute approximate surface area is 106 Å². The molecule has 1 saturated heterocycles. The van der Waals surface area contributed by atoms with Crippen LogP contribution >= 0.6 is 0 Å².